The fraction of sp³-hybridized carbons (Fsp3) is 0.250. The second-order valence-electron chi connectivity index (χ2n) is 7.44. The van der Waals surface area contributed by atoms with Gasteiger partial charge < -0.3 is 4.42 Å². The predicted molar refractivity (Wildman–Crippen MR) is 104 cm³/mol. The van der Waals surface area contributed by atoms with E-state index in [1.807, 2.05) is 6.92 Å². The number of hydrogen-bond donors (Lipinski definition) is 0. The van der Waals surface area contributed by atoms with Crippen molar-refractivity contribution in [3.05, 3.63) is 81.8 Å². The van der Waals surface area contributed by atoms with Crippen LogP contribution in [0.3, 0.4) is 0 Å². The van der Waals surface area contributed by atoms with Crippen LogP contribution < -0.4 is 0 Å². The van der Waals surface area contributed by atoms with Crippen LogP contribution in [0.2, 0.25) is 0 Å². The van der Waals surface area contributed by atoms with E-state index in [0.717, 1.165) is 17.9 Å². The molecule has 2 heteroatoms. The maximum Gasteiger partial charge on any atom is 0.130 e. The molecule has 0 bridgehead atoms. The van der Waals surface area contributed by atoms with Gasteiger partial charge >= 0.3 is 0 Å². The summed E-state index contributed by atoms with van der Waals surface area (Å²) >= 11 is 0. The Kier molecular flexibility index (Phi) is 4.65. The van der Waals surface area contributed by atoms with Crippen molar-refractivity contribution in [2.75, 3.05) is 0 Å². The van der Waals surface area contributed by atoms with Crippen molar-refractivity contribution in [1.29, 1.82) is 0 Å². The van der Waals surface area contributed by atoms with Crippen LogP contribution in [0.5, 0.6) is 0 Å². The number of aryl methyl sites for hydroxylation is 3. The second-order valence-corrected chi connectivity index (χ2v) is 7.44. The van der Waals surface area contributed by atoms with E-state index in [4.69, 9.17) is 4.42 Å². The van der Waals surface area contributed by atoms with Gasteiger partial charge in [0.1, 0.15) is 11.5 Å². The Hall–Kier alpha value is -1.66. The monoisotopic (exact) mass is 416 g/mol. The molecule has 0 atom stereocenters. The summed E-state index contributed by atoms with van der Waals surface area (Å²) in [6, 6.07) is 15.6. The van der Waals surface area contributed by atoms with Gasteiger partial charge in [-0.1, -0.05) is 35.9 Å². The second kappa shape index (κ2) is 6.82. The van der Waals surface area contributed by atoms with Gasteiger partial charge in [0.05, 0.1) is 0 Å². The zero-order valence-electron chi connectivity index (χ0n) is 15.4. The zero-order chi connectivity index (χ0) is 17.0. The van der Waals surface area contributed by atoms with E-state index < -0.39 is 0 Å². The van der Waals surface area contributed by atoms with E-state index in [2.05, 4.69) is 55.5 Å². The van der Waals surface area contributed by atoms with Gasteiger partial charge in [-0.15, -0.1) is 0 Å². The molecule has 2 aromatic carbocycles. The van der Waals surface area contributed by atoms with Gasteiger partial charge in [0, 0.05) is 32.6 Å². The predicted octanol–water partition coefficient (Wildman–Crippen LogP) is 6.15. The average molecular weight is 418 g/mol. The van der Waals surface area contributed by atoms with Crippen LogP contribution in [0, 0.1) is 13.8 Å². The van der Waals surface area contributed by atoms with E-state index in [9.17, 15) is 0 Å². The summed E-state index contributed by atoms with van der Waals surface area (Å²) < 4.78 is 5.89. The van der Waals surface area contributed by atoms with Gasteiger partial charge in [0.25, 0.3) is 0 Å². The van der Waals surface area contributed by atoms with Crippen molar-refractivity contribution in [3.8, 4) is 11.1 Å². The van der Waals surface area contributed by atoms with Crippen LogP contribution in [0.15, 0.2) is 46.9 Å². The number of hydrogen-bond acceptors (Lipinski definition) is 1. The Morgan fingerprint density at radius 3 is 2.42 bits per heavy atom. The molecule has 0 radical (unpaired) electrons. The van der Waals surface area contributed by atoms with Gasteiger partial charge in [-0.25, -0.2) is 0 Å². The number of fused-ring (bicyclic) bond motifs is 2. The number of benzene rings is 2. The first kappa shape index (κ1) is 17.7. The zero-order valence-corrected chi connectivity index (χ0v) is 17.8. The third-order valence-electron chi connectivity index (χ3n) is 5.62. The molecule has 0 saturated carbocycles. The summed E-state index contributed by atoms with van der Waals surface area (Å²) in [4.78, 5) is 0. The molecule has 0 saturated heterocycles. The van der Waals surface area contributed by atoms with Crippen LogP contribution >= 0.6 is 0 Å². The van der Waals surface area contributed by atoms with Crippen molar-refractivity contribution in [2.45, 2.75) is 39.5 Å². The van der Waals surface area contributed by atoms with Crippen LogP contribution in [-0.2, 0) is 45.5 Å². The van der Waals surface area contributed by atoms with E-state index in [1.54, 1.807) is 11.1 Å². The Labute approximate surface area is 174 Å². The van der Waals surface area contributed by atoms with Crippen LogP contribution in [0.4, 0.5) is 0 Å². The normalized spacial score (nSPS) is 14.6. The summed E-state index contributed by atoms with van der Waals surface area (Å²) in [6.45, 7) is 4.17. The van der Waals surface area contributed by atoms with Crippen LogP contribution in [-0.4, -0.2) is 0 Å². The first-order valence-corrected chi connectivity index (χ1v) is 9.21. The smallest absolute Gasteiger partial charge is 0.130 e. The maximum absolute atomic E-state index is 5.89. The first-order valence-electron chi connectivity index (χ1n) is 9.21. The molecular formula is C24H22OZr. The van der Waals surface area contributed by atoms with Gasteiger partial charge in [-0.3, -0.25) is 0 Å². The fourth-order valence-corrected chi connectivity index (χ4v) is 4.38. The maximum atomic E-state index is 5.89. The molecule has 26 heavy (non-hydrogen) atoms. The third-order valence-corrected chi connectivity index (χ3v) is 5.62. The first-order chi connectivity index (χ1) is 12.2. The topological polar surface area (TPSA) is 13.1 Å². The molecule has 0 unspecified atom stereocenters. The molecule has 1 heterocycles. The molecule has 2 aliphatic carbocycles. The van der Waals surface area contributed by atoms with E-state index in [1.165, 1.54) is 52.7 Å². The number of furan rings is 1. The Balaban J connectivity index is 0.00000168. The molecule has 1 aromatic heterocycles. The Bertz CT molecular complexity index is 1010. The van der Waals surface area contributed by atoms with Crippen LogP contribution in [0.25, 0.3) is 22.8 Å². The van der Waals surface area contributed by atoms with Crippen molar-refractivity contribution >= 4 is 11.6 Å². The summed E-state index contributed by atoms with van der Waals surface area (Å²) in [5, 5.41) is 0. The van der Waals surface area contributed by atoms with Crippen molar-refractivity contribution in [3.63, 3.8) is 0 Å². The van der Waals surface area contributed by atoms with Gasteiger partial charge in [0.2, 0.25) is 0 Å². The largest absolute Gasteiger partial charge is 0.462 e. The summed E-state index contributed by atoms with van der Waals surface area (Å²) in [5.74, 6) is 2.00. The summed E-state index contributed by atoms with van der Waals surface area (Å²) in [6.07, 6.45) is 7.05. The minimum absolute atomic E-state index is 0. The molecule has 1 nitrogen and oxygen atoms in total. The van der Waals surface area contributed by atoms with Crippen molar-refractivity contribution in [2.24, 2.45) is 0 Å². The number of rotatable bonds is 2. The SMILES string of the molecule is Cc1ccc(-c2c3c(cc4c2CCC4)CC(c2ccc(C)o2)=C3)cc1.[Zr]. The average Bonchev–Trinajstić information content (AvgIpc) is 3.32. The van der Waals surface area contributed by atoms with Gasteiger partial charge in [-0.05, 0) is 90.3 Å². The van der Waals surface area contributed by atoms with E-state index >= 15 is 0 Å². The summed E-state index contributed by atoms with van der Waals surface area (Å²) in [5.41, 5.74) is 11.4. The molecule has 5 rings (SSSR count). The molecule has 128 valence electrons. The van der Waals surface area contributed by atoms with Gasteiger partial charge in [0.15, 0.2) is 0 Å². The molecule has 0 amide bonds. The molecule has 3 aromatic rings. The molecule has 0 N–H and O–H groups in total. The molecular weight excluding hydrogens is 395 g/mol. The van der Waals surface area contributed by atoms with Crippen LogP contribution in [0.1, 0.15) is 45.8 Å². The Morgan fingerprint density at radius 1 is 0.885 bits per heavy atom. The molecule has 2 aliphatic rings. The van der Waals surface area contributed by atoms with E-state index in [-0.39, 0.29) is 26.2 Å². The number of allylic oxidation sites excluding steroid dienone is 1. The quantitative estimate of drug-likeness (QED) is 0.488. The fourth-order valence-electron chi connectivity index (χ4n) is 4.38. The van der Waals surface area contributed by atoms with Crippen molar-refractivity contribution < 1.29 is 30.6 Å². The third kappa shape index (κ3) is 2.89. The molecule has 0 fully saturated rings. The standard InChI is InChI=1S/C24H22O.Zr/c1-15-6-9-17(10-7-15)24-21-5-3-4-18(21)12-19-13-20(14-22(19)24)23-11-8-16(2)25-23;/h6-12,14H,3-5,13H2,1-2H3;. The molecule has 0 aliphatic heterocycles. The van der Waals surface area contributed by atoms with E-state index in [0.29, 0.717) is 0 Å². The van der Waals surface area contributed by atoms with Gasteiger partial charge in [-0.2, -0.15) is 0 Å². The minimum Gasteiger partial charge on any atom is -0.462 e. The minimum atomic E-state index is 0. The summed E-state index contributed by atoms with van der Waals surface area (Å²) in [7, 11) is 0. The van der Waals surface area contributed by atoms with Crippen molar-refractivity contribution in [1.82, 2.24) is 0 Å². The Morgan fingerprint density at radius 2 is 1.69 bits per heavy atom. The molecule has 0 spiro atoms.